The van der Waals surface area contributed by atoms with Gasteiger partial charge in [-0.15, -0.1) is 0 Å². The van der Waals surface area contributed by atoms with E-state index in [9.17, 15) is 8.78 Å². The second-order valence-electron chi connectivity index (χ2n) is 5.31. The molecule has 1 heterocycles. The largest absolute Gasteiger partial charge is 0.383 e. The number of hydrogen-bond donors (Lipinski definition) is 1. The zero-order valence-corrected chi connectivity index (χ0v) is 11.8. The van der Waals surface area contributed by atoms with Crippen LogP contribution in [0.1, 0.15) is 30.9 Å². The van der Waals surface area contributed by atoms with E-state index in [2.05, 4.69) is 4.90 Å². The van der Waals surface area contributed by atoms with Crippen molar-refractivity contribution in [3.63, 3.8) is 0 Å². The zero-order chi connectivity index (χ0) is 14.5. The Morgan fingerprint density at radius 3 is 2.80 bits per heavy atom. The molecule has 1 saturated heterocycles. The van der Waals surface area contributed by atoms with Crippen LogP contribution in [0.15, 0.2) is 18.2 Å². The molecule has 1 aliphatic rings. The lowest BCUT2D eigenvalue weighted by Gasteiger charge is -2.33. The van der Waals surface area contributed by atoms with Crippen molar-refractivity contribution in [1.29, 1.82) is 0 Å². The van der Waals surface area contributed by atoms with Crippen LogP contribution < -0.4 is 5.73 Å². The highest BCUT2D eigenvalue weighted by molar-refractivity contribution is 5.23. The van der Waals surface area contributed by atoms with Crippen molar-refractivity contribution < 1.29 is 13.5 Å². The highest BCUT2D eigenvalue weighted by Gasteiger charge is 2.29. The Hall–Kier alpha value is -1.04. The summed E-state index contributed by atoms with van der Waals surface area (Å²) < 4.78 is 31.7. The highest BCUT2D eigenvalue weighted by atomic mass is 19.2. The fraction of sp³-hybridized carbons (Fsp3) is 0.600. The van der Waals surface area contributed by atoms with Crippen LogP contribution in [0.25, 0.3) is 0 Å². The molecule has 0 spiro atoms. The summed E-state index contributed by atoms with van der Waals surface area (Å²) in [6, 6.07) is 3.93. The maximum absolute atomic E-state index is 13.5. The van der Waals surface area contributed by atoms with Crippen LogP contribution in [0, 0.1) is 11.6 Å². The van der Waals surface area contributed by atoms with Gasteiger partial charge < -0.3 is 10.5 Å². The van der Waals surface area contributed by atoms with Gasteiger partial charge in [0.1, 0.15) is 0 Å². The summed E-state index contributed by atoms with van der Waals surface area (Å²) in [5.41, 5.74) is 7.01. The van der Waals surface area contributed by atoms with Crippen LogP contribution in [0.4, 0.5) is 8.78 Å². The molecular formula is C15H22F2N2O. The average Bonchev–Trinajstić information content (AvgIpc) is 2.61. The van der Waals surface area contributed by atoms with Gasteiger partial charge in [0.25, 0.3) is 0 Å². The predicted molar refractivity (Wildman–Crippen MR) is 74.4 cm³/mol. The van der Waals surface area contributed by atoms with E-state index in [-0.39, 0.29) is 12.1 Å². The Kier molecular flexibility index (Phi) is 5.46. The molecule has 0 bridgehead atoms. The fourth-order valence-electron chi connectivity index (χ4n) is 2.88. The molecule has 1 aromatic carbocycles. The van der Waals surface area contributed by atoms with E-state index in [0.29, 0.717) is 6.61 Å². The first-order valence-electron chi connectivity index (χ1n) is 7.07. The molecule has 5 heteroatoms. The zero-order valence-electron chi connectivity index (χ0n) is 11.8. The van der Waals surface area contributed by atoms with E-state index in [1.54, 1.807) is 13.2 Å². The van der Waals surface area contributed by atoms with E-state index >= 15 is 0 Å². The quantitative estimate of drug-likeness (QED) is 0.923. The topological polar surface area (TPSA) is 38.5 Å². The third-order valence-electron chi connectivity index (χ3n) is 3.90. The maximum Gasteiger partial charge on any atom is 0.159 e. The van der Waals surface area contributed by atoms with Gasteiger partial charge in [-0.05, 0) is 37.1 Å². The second-order valence-corrected chi connectivity index (χ2v) is 5.31. The maximum atomic E-state index is 13.5. The summed E-state index contributed by atoms with van der Waals surface area (Å²) >= 11 is 0. The fourth-order valence-corrected chi connectivity index (χ4v) is 2.88. The average molecular weight is 284 g/mol. The van der Waals surface area contributed by atoms with Gasteiger partial charge >= 0.3 is 0 Å². The predicted octanol–water partition coefficient (Wildman–Crippen LogP) is 2.47. The molecule has 0 radical (unpaired) electrons. The van der Waals surface area contributed by atoms with Gasteiger partial charge in [-0.25, -0.2) is 8.78 Å². The number of hydrogen-bond acceptors (Lipinski definition) is 3. The lowest BCUT2D eigenvalue weighted by Crippen LogP contribution is -2.41. The Bertz CT molecular complexity index is 442. The minimum absolute atomic E-state index is 0.0702. The molecule has 112 valence electrons. The molecule has 2 unspecified atom stereocenters. The van der Waals surface area contributed by atoms with Gasteiger partial charge in [0.05, 0.1) is 12.6 Å². The van der Waals surface area contributed by atoms with Gasteiger partial charge in [-0.1, -0.05) is 12.5 Å². The van der Waals surface area contributed by atoms with Gasteiger partial charge in [-0.2, -0.15) is 0 Å². The molecule has 2 atom stereocenters. The number of likely N-dealkylation sites (tertiary alicyclic amines) is 1. The lowest BCUT2D eigenvalue weighted by atomic mass is 9.96. The Morgan fingerprint density at radius 1 is 1.30 bits per heavy atom. The van der Waals surface area contributed by atoms with Gasteiger partial charge in [0, 0.05) is 19.7 Å². The van der Waals surface area contributed by atoms with E-state index in [1.807, 2.05) is 0 Å². The van der Waals surface area contributed by atoms with Crippen LogP contribution in [0.5, 0.6) is 0 Å². The molecule has 2 rings (SSSR count). The molecule has 1 aromatic rings. The number of ether oxygens (including phenoxy) is 1. The van der Waals surface area contributed by atoms with E-state index in [0.717, 1.165) is 37.9 Å². The molecule has 3 nitrogen and oxygen atoms in total. The Labute approximate surface area is 118 Å². The number of halogens is 2. The molecule has 0 amide bonds. The van der Waals surface area contributed by atoms with Gasteiger partial charge in [-0.3, -0.25) is 4.90 Å². The monoisotopic (exact) mass is 284 g/mol. The van der Waals surface area contributed by atoms with E-state index < -0.39 is 11.6 Å². The summed E-state index contributed by atoms with van der Waals surface area (Å²) in [4.78, 5) is 2.22. The summed E-state index contributed by atoms with van der Waals surface area (Å²) in [7, 11) is 1.66. The van der Waals surface area contributed by atoms with Crippen molar-refractivity contribution in [2.24, 2.45) is 5.73 Å². The molecule has 0 aromatic heterocycles. The molecule has 1 fully saturated rings. The number of nitrogens with zero attached hydrogens (tertiary/aromatic N) is 1. The smallest absolute Gasteiger partial charge is 0.159 e. The van der Waals surface area contributed by atoms with Crippen molar-refractivity contribution in [2.75, 3.05) is 26.8 Å². The minimum atomic E-state index is -0.820. The van der Waals surface area contributed by atoms with Crippen LogP contribution in [0.2, 0.25) is 0 Å². The lowest BCUT2D eigenvalue weighted by molar-refractivity contribution is 0.115. The second kappa shape index (κ2) is 7.11. The van der Waals surface area contributed by atoms with Crippen molar-refractivity contribution in [3.8, 4) is 0 Å². The summed E-state index contributed by atoms with van der Waals surface area (Å²) in [6.07, 6.45) is 3.02. The Morgan fingerprint density at radius 2 is 2.10 bits per heavy atom. The van der Waals surface area contributed by atoms with Crippen LogP contribution in [-0.4, -0.2) is 37.7 Å². The van der Waals surface area contributed by atoms with E-state index in [1.165, 1.54) is 12.1 Å². The van der Waals surface area contributed by atoms with Crippen molar-refractivity contribution in [2.45, 2.75) is 31.3 Å². The third kappa shape index (κ3) is 3.53. The molecular weight excluding hydrogens is 262 g/mol. The van der Waals surface area contributed by atoms with Crippen molar-refractivity contribution in [3.05, 3.63) is 35.4 Å². The molecule has 1 aliphatic heterocycles. The first kappa shape index (κ1) is 15.4. The van der Waals surface area contributed by atoms with Crippen LogP contribution >= 0.6 is 0 Å². The number of methoxy groups -OCH3 is 1. The number of benzene rings is 1. The summed E-state index contributed by atoms with van der Waals surface area (Å²) in [5, 5.41) is 0. The molecule has 0 saturated carbocycles. The summed E-state index contributed by atoms with van der Waals surface area (Å²) in [6.45, 7) is 2.25. The summed E-state index contributed by atoms with van der Waals surface area (Å²) in [5.74, 6) is -1.63. The first-order valence-corrected chi connectivity index (χ1v) is 7.07. The van der Waals surface area contributed by atoms with Crippen molar-refractivity contribution >= 4 is 0 Å². The highest BCUT2D eigenvalue weighted by Crippen LogP contribution is 2.30. The minimum Gasteiger partial charge on any atom is -0.383 e. The molecule has 2 N–H and O–H groups in total. The van der Waals surface area contributed by atoms with Gasteiger partial charge in [0.15, 0.2) is 11.6 Å². The SMILES string of the molecule is COCCN1CCCCC(N)C1c1ccc(F)c(F)c1. The Balaban J connectivity index is 2.26. The van der Waals surface area contributed by atoms with Crippen LogP contribution in [0.3, 0.4) is 0 Å². The van der Waals surface area contributed by atoms with Crippen molar-refractivity contribution in [1.82, 2.24) is 4.90 Å². The van der Waals surface area contributed by atoms with E-state index in [4.69, 9.17) is 10.5 Å². The number of rotatable bonds is 4. The normalized spacial score (nSPS) is 24.6. The van der Waals surface area contributed by atoms with Crippen LogP contribution in [-0.2, 0) is 4.74 Å². The molecule has 20 heavy (non-hydrogen) atoms. The standard InChI is InChI=1S/C15H22F2N2O/c1-20-9-8-19-7-3-2-4-14(18)15(19)11-5-6-12(16)13(17)10-11/h5-6,10,14-15H,2-4,7-9,18H2,1H3. The molecule has 0 aliphatic carbocycles. The van der Waals surface area contributed by atoms with Gasteiger partial charge in [0.2, 0.25) is 0 Å². The third-order valence-corrected chi connectivity index (χ3v) is 3.90. The number of nitrogens with two attached hydrogens (primary N) is 1. The first-order chi connectivity index (χ1) is 9.63.